The monoisotopic (exact) mass is 450 g/mol. The SMILES string of the molecule is CC[C@H](C)NC(=O)C1CN(Cc2ccc(OCc3ccc(Cl)cc3Cl)c(OC)c2)C1. The molecule has 1 fully saturated rings. The summed E-state index contributed by atoms with van der Waals surface area (Å²) in [4.78, 5) is 14.4. The van der Waals surface area contributed by atoms with Gasteiger partial charge in [-0.05, 0) is 43.2 Å². The van der Waals surface area contributed by atoms with Gasteiger partial charge in [-0.25, -0.2) is 0 Å². The molecular weight excluding hydrogens is 423 g/mol. The molecule has 1 aliphatic rings. The Labute approximate surface area is 188 Å². The molecule has 0 bridgehead atoms. The number of halogens is 2. The highest BCUT2D eigenvalue weighted by molar-refractivity contribution is 6.35. The van der Waals surface area contributed by atoms with Crippen LogP contribution in [0.2, 0.25) is 10.0 Å². The second-order valence-electron chi connectivity index (χ2n) is 7.72. The lowest BCUT2D eigenvalue weighted by atomic mass is 9.97. The minimum absolute atomic E-state index is 0.0765. The van der Waals surface area contributed by atoms with Crippen LogP contribution in [0.1, 0.15) is 31.4 Å². The van der Waals surface area contributed by atoms with E-state index in [1.807, 2.05) is 31.2 Å². The van der Waals surface area contributed by atoms with E-state index in [0.717, 1.165) is 37.2 Å². The van der Waals surface area contributed by atoms with Crippen molar-refractivity contribution >= 4 is 29.1 Å². The van der Waals surface area contributed by atoms with Crippen LogP contribution in [0.15, 0.2) is 36.4 Å². The molecule has 0 unspecified atom stereocenters. The number of hydrogen-bond acceptors (Lipinski definition) is 4. The number of ether oxygens (including phenoxy) is 2. The van der Waals surface area contributed by atoms with Gasteiger partial charge in [0, 0.05) is 41.3 Å². The molecular formula is C23H28Cl2N2O3. The van der Waals surface area contributed by atoms with Crippen molar-refractivity contribution in [1.82, 2.24) is 10.2 Å². The molecule has 7 heteroatoms. The zero-order valence-corrected chi connectivity index (χ0v) is 19.1. The summed E-state index contributed by atoms with van der Waals surface area (Å²) >= 11 is 12.2. The van der Waals surface area contributed by atoms with E-state index in [4.69, 9.17) is 32.7 Å². The molecule has 1 N–H and O–H groups in total. The van der Waals surface area contributed by atoms with Gasteiger partial charge in [0.2, 0.25) is 5.91 Å². The van der Waals surface area contributed by atoms with Crippen molar-refractivity contribution in [1.29, 1.82) is 0 Å². The van der Waals surface area contributed by atoms with Crippen LogP contribution in [0.25, 0.3) is 0 Å². The second-order valence-corrected chi connectivity index (χ2v) is 8.56. The fourth-order valence-corrected chi connectivity index (χ4v) is 3.77. The van der Waals surface area contributed by atoms with Gasteiger partial charge in [-0.1, -0.05) is 42.3 Å². The lowest BCUT2D eigenvalue weighted by molar-refractivity contribution is -0.131. The second kappa shape index (κ2) is 10.4. The molecule has 1 atom stereocenters. The van der Waals surface area contributed by atoms with Gasteiger partial charge in [0.1, 0.15) is 6.61 Å². The number of nitrogens with one attached hydrogen (secondary N) is 1. The Balaban J connectivity index is 1.54. The van der Waals surface area contributed by atoms with Crippen LogP contribution in [0.4, 0.5) is 0 Å². The molecule has 0 aromatic heterocycles. The number of hydrogen-bond donors (Lipinski definition) is 1. The van der Waals surface area contributed by atoms with Crippen LogP contribution in [-0.4, -0.2) is 37.0 Å². The zero-order valence-electron chi connectivity index (χ0n) is 17.6. The number of carbonyl (C=O) groups excluding carboxylic acids is 1. The maximum Gasteiger partial charge on any atom is 0.225 e. The number of nitrogens with zero attached hydrogens (tertiary/aromatic N) is 1. The van der Waals surface area contributed by atoms with Crippen molar-refractivity contribution in [3.63, 3.8) is 0 Å². The Hall–Kier alpha value is -1.95. The first kappa shape index (κ1) is 22.7. The van der Waals surface area contributed by atoms with Gasteiger partial charge in [-0.2, -0.15) is 0 Å². The third kappa shape index (κ3) is 5.81. The number of amides is 1. The molecule has 30 heavy (non-hydrogen) atoms. The van der Waals surface area contributed by atoms with Gasteiger partial charge < -0.3 is 14.8 Å². The number of methoxy groups -OCH3 is 1. The van der Waals surface area contributed by atoms with Gasteiger partial charge in [-0.15, -0.1) is 0 Å². The van der Waals surface area contributed by atoms with Gasteiger partial charge in [0.15, 0.2) is 11.5 Å². The standard InChI is InChI=1S/C23H28Cl2N2O3/c1-4-15(2)26-23(28)18-12-27(13-18)11-16-5-8-21(22(9-16)29-3)30-14-17-6-7-19(24)10-20(17)25/h5-10,15,18H,4,11-14H2,1-3H3,(H,26,28)/t15-/m0/s1. The lowest BCUT2D eigenvalue weighted by Crippen LogP contribution is -2.54. The van der Waals surface area contributed by atoms with Crippen LogP contribution in [-0.2, 0) is 17.9 Å². The minimum Gasteiger partial charge on any atom is -0.493 e. The summed E-state index contributed by atoms with van der Waals surface area (Å²) in [5.41, 5.74) is 1.97. The number of carbonyl (C=O) groups is 1. The highest BCUT2D eigenvalue weighted by atomic mass is 35.5. The van der Waals surface area contributed by atoms with Gasteiger partial charge in [0.25, 0.3) is 0 Å². The predicted octanol–water partition coefficient (Wildman–Crippen LogP) is 4.93. The number of benzene rings is 2. The van der Waals surface area contributed by atoms with Crippen molar-refractivity contribution in [2.45, 2.75) is 39.5 Å². The van der Waals surface area contributed by atoms with Crippen LogP contribution < -0.4 is 14.8 Å². The molecule has 0 spiro atoms. The first-order chi connectivity index (χ1) is 14.4. The Kier molecular flexibility index (Phi) is 7.87. The van der Waals surface area contributed by atoms with Crippen LogP contribution in [0.5, 0.6) is 11.5 Å². The van der Waals surface area contributed by atoms with Crippen molar-refractivity contribution < 1.29 is 14.3 Å². The van der Waals surface area contributed by atoms with E-state index in [9.17, 15) is 4.79 Å². The van der Waals surface area contributed by atoms with Gasteiger partial charge in [0.05, 0.1) is 13.0 Å². The summed E-state index contributed by atoms with van der Waals surface area (Å²) in [5.74, 6) is 1.56. The summed E-state index contributed by atoms with van der Waals surface area (Å²) in [7, 11) is 1.63. The molecule has 0 aliphatic carbocycles. The topological polar surface area (TPSA) is 50.8 Å². The van der Waals surface area contributed by atoms with Crippen molar-refractivity contribution in [2.75, 3.05) is 20.2 Å². The molecule has 2 aromatic rings. The Morgan fingerprint density at radius 1 is 1.20 bits per heavy atom. The fourth-order valence-electron chi connectivity index (χ4n) is 3.31. The molecule has 5 nitrogen and oxygen atoms in total. The molecule has 1 heterocycles. The average Bonchev–Trinajstić information content (AvgIpc) is 2.69. The largest absolute Gasteiger partial charge is 0.493 e. The molecule has 0 radical (unpaired) electrons. The molecule has 162 valence electrons. The Morgan fingerprint density at radius 2 is 1.97 bits per heavy atom. The van der Waals surface area contributed by atoms with E-state index in [2.05, 4.69) is 17.1 Å². The molecule has 1 saturated heterocycles. The van der Waals surface area contributed by atoms with E-state index in [-0.39, 0.29) is 17.9 Å². The van der Waals surface area contributed by atoms with E-state index in [0.29, 0.717) is 28.2 Å². The maximum absolute atomic E-state index is 12.2. The summed E-state index contributed by atoms with van der Waals surface area (Å²) in [5, 5.41) is 4.22. The molecule has 3 rings (SSSR count). The number of likely N-dealkylation sites (tertiary alicyclic amines) is 1. The van der Waals surface area contributed by atoms with Crippen molar-refractivity contribution in [3.05, 3.63) is 57.6 Å². The molecule has 2 aromatic carbocycles. The zero-order chi connectivity index (χ0) is 21.7. The van der Waals surface area contributed by atoms with Crippen molar-refractivity contribution in [2.24, 2.45) is 5.92 Å². The highest BCUT2D eigenvalue weighted by Crippen LogP contribution is 2.31. The normalized spacial score (nSPS) is 15.4. The minimum atomic E-state index is 0.0765. The van der Waals surface area contributed by atoms with Crippen LogP contribution in [0, 0.1) is 5.92 Å². The lowest BCUT2D eigenvalue weighted by Gasteiger charge is -2.38. The maximum atomic E-state index is 12.2. The summed E-state index contributed by atoms with van der Waals surface area (Å²) in [6.45, 7) is 6.75. The Bertz CT molecular complexity index is 885. The summed E-state index contributed by atoms with van der Waals surface area (Å²) in [6, 6.07) is 11.5. The van der Waals surface area contributed by atoms with E-state index < -0.39 is 0 Å². The first-order valence-corrected chi connectivity index (χ1v) is 10.9. The first-order valence-electron chi connectivity index (χ1n) is 10.2. The van der Waals surface area contributed by atoms with E-state index in [1.54, 1.807) is 19.2 Å². The quantitative estimate of drug-likeness (QED) is 0.588. The van der Waals surface area contributed by atoms with Gasteiger partial charge >= 0.3 is 0 Å². The van der Waals surface area contributed by atoms with E-state index in [1.165, 1.54) is 0 Å². The summed E-state index contributed by atoms with van der Waals surface area (Å²) in [6.07, 6.45) is 0.945. The molecule has 0 saturated carbocycles. The number of rotatable bonds is 9. The van der Waals surface area contributed by atoms with Gasteiger partial charge in [-0.3, -0.25) is 9.69 Å². The van der Waals surface area contributed by atoms with E-state index >= 15 is 0 Å². The smallest absolute Gasteiger partial charge is 0.225 e. The summed E-state index contributed by atoms with van der Waals surface area (Å²) < 4.78 is 11.4. The third-order valence-electron chi connectivity index (χ3n) is 5.36. The highest BCUT2D eigenvalue weighted by Gasteiger charge is 2.32. The third-order valence-corrected chi connectivity index (χ3v) is 5.95. The molecule has 1 amide bonds. The van der Waals surface area contributed by atoms with Crippen LogP contribution in [0.3, 0.4) is 0 Å². The van der Waals surface area contributed by atoms with Crippen LogP contribution >= 0.6 is 23.2 Å². The molecule has 1 aliphatic heterocycles. The predicted molar refractivity (Wildman–Crippen MR) is 120 cm³/mol. The Morgan fingerprint density at radius 3 is 2.63 bits per heavy atom. The average molecular weight is 451 g/mol. The van der Waals surface area contributed by atoms with Crippen molar-refractivity contribution in [3.8, 4) is 11.5 Å². The fraction of sp³-hybridized carbons (Fsp3) is 0.435.